The fourth-order valence-electron chi connectivity index (χ4n) is 0.577. The highest BCUT2D eigenvalue weighted by atomic mass is 14.9. The van der Waals surface area contributed by atoms with Crippen LogP contribution in [0.15, 0.2) is 12.4 Å². The molecular weight excluding hydrogens is 152 g/mol. The Hall–Kier alpha value is -2.07. The van der Waals surface area contributed by atoms with Crippen LogP contribution in [0.4, 0.5) is 5.82 Å². The van der Waals surface area contributed by atoms with Gasteiger partial charge in [-0.2, -0.15) is 5.26 Å². The fraction of sp³-hybridized carbons (Fsp3) is 0.125. The molecule has 0 fully saturated rings. The lowest BCUT2D eigenvalue weighted by atomic mass is 10.4. The molecule has 1 aromatic heterocycles. The Morgan fingerprint density at radius 2 is 2.25 bits per heavy atom. The Morgan fingerprint density at radius 1 is 1.42 bits per heavy atom. The van der Waals surface area contributed by atoms with Gasteiger partial charge in [-0.1, -0.05) is 5.92 Å². The van der Waals surface area contributed by atoms with E-state index in [1.54, 1.807) is 0 Å². The molecule has 0 amide bonds. The molecule has 0 saturated heterocycles. The van der Waals surface area contributed by atoms with E-state index < -0.39 is 0 Å². The van der Waals surface area contributed by atoms with Gasteiger partial charge in [0.25, 0.3) is 0 Å². The van der Waals surface area contributed by atoms with Crippen LogP contribution in [0.25, 0.3) is 0 Å². The summed E-state index contributed by atoms with van der Waals surface area (Å²) in [5.74, 6) is 5.65. The van der Waals surface area contributed by atoms with Crippen molar-refractivity contribution in [2.24, 2.45) is 0 Å². The first kappa shape index (κ1) is 8.03. The van der Waals surface area contributed by atoms with Crippen molar-refractivity contribution in [2.75, 3.05) is 5.73 Å². The molecular formula is C8H6N4. The number of nitrogen functional groups attached to an aromatic ring is 1. The summed E-state index contributed by atoms with van der Waals surface area (Å²) in [5, 5.41) is 8.18. The third-order valence-electron chi connectivity index (χ3n) is 1.06. The van der Waals surface area contributed by atoms with Crippen LogP contribution in [-0.4, -0.2) is 9.97 Å². The van der Waals surface area contributed by atoms with E-state index in [4.69, 9.17) is 11.0 Å². The van der Waals surface area contributed by atoms with Crippen molar-refractivity contribution in [3.8, 4) is 17.9 Å². The number of nitrogens with zero attached hydrogens (tertiary/aromatic N) is 3. The zero-order chi connectivity index (χ0) is 8.81. The largest absolute Gasteiger partial charge is 0.382 e. The van der Waals surface area contributed by atoms with Gasteiger partial charge in [0.2, 0.25) is 0 Å². The Balaban J connectivity index is 2.74. The zero-order valence-corrected chi connectivity index (χ0v) is 6.28. The number of nitriles is 1. The Morgan fingerprint density at radius 3 is 2.83 bits per heavy atom. The van der Waals surface area contributed by atoms with Crippen LogP contribution in [-0.2, 0) is 0 Å². The maximum absolute atomic E-state index is 8.18. The van der Waals surface area contributed by atoms with Crippen LogP contribution in [0.5, 0.6) is 0 Å². The Labute approximate surface area is 70.1 Å². The average Bonchev–Trinajstić information content (AvgIpc) is 2.09. The van der Waals surface area contributed by atoms with Gasteiger partial charge >= 0.3 is 0 Å². The van der Waals surface area contributed by atoms with Gasteiger partial charge < -0.3 is 5.73 Å². The summed E-state index contributed by atoms with van der Waals surface area (Å²) in [7, 11) is 0. The first-order chi connectivity index (χ1) is 5.83. The van der Waals surface area contributed by atoms with Gasteiger partial charge in [-0.3, -0.25) is 0 Å². The molecule has 0 spiro atoms. The van der Waals surface area contributed by atoms with E-state index in [1.807, 2.05) is 6.07 Å². The molecule has 1 rings (SSSR count). The minimum atomic E-state index is 0.200. The normalized spacial score (nSPS) is 7.92. The predicted molar refractivity (Wildman–Crippen MR) is 43.6 cm³/mol. The molecule has 0 unspecified atom stereocenters. The summed E-state index contributed by atoms with van der Waals surface area (Å²) in [6.45, 7) is 0. The quantitative estimate of drug-likeness (QED) is 0.552. The van der Waals surface area contributed by atoms with Crippen LogP contribution in [0.1, 0.15) is 12.1 Å². The summed E-state index contributed by atoms with van der Waals surface area (Å²) in [5.41, 5.74) is 5.83. The summed E-state index contributed by atoms with van der Waals surface area (Å²) >= 11 is 0. The molecule has 58 valence electrons. The summed E-state index contributed by atoms with van der Waals surface area (Å²) in [6.07, 6.45) is 3.10. The molecule has 0 aliphatic carbocycles. The second kappa shape index (κ2) is 3.95. The number of hydrogen-bond acceptors (Lipinski definition) is 4. The molecule has 0 aliphatic rings. The number of aromatic nitrogens is 2. The monoisotopic (exact) mass is 158 g/mol. The van der Waals surface area contributed by atoms with Crippen LogP contribution >= 0.6 is 0 Å². The van der Waals surface area contributed by atoms with Crippen molar-refractivity contribution in [1.29, 1.82) is 5.26 Å². The van der Waals surface area contributed by atoms with Gasteiger partial charge in [-0.25, -0.2) is 9.97 Å². The van der Waals surface area contributed by atoms with Gasteiger partial charge in [-0.15, -0.1) is 0 Å². The van der Waals surface area contributed by atoms with Gasteiger partial charge in [-0.05, 0) is 5.92 Å². The second-order valence-electron chi connectivity index (χ2n) is 1.96. The lowest BCUT2D eigenvalue weighted by Gasteiger charge is -1.89. The average molecular weight is 158 g/mol. The molecule has 1 aromatic rings. The van der Waals surface area contributed by atoms with Crippen molar-refractivity contribution in [2.45, 2.75) is 6.42 Å². The third-order valence-corrected chi connectivity index (χ3v) is 1.06. The molecule has 0 radical (unpaired) electrons. The van der Waals surface area contributed by atoms with E-state index >= 15 is 0 Å². The fourth-order valence-corrected chi connectivity index (χ4v) is 0.577. The maximum atomic E-state index is 8.18. The molecule has 12 heavy (non-hydrogen) atoms. The molecule has 0 saturated carbocycles. The minimum absolute atomic E-state index is 0.200. The Bertz CT molecular complexity index is 349. The number of rotatable bonds is 0. The van der Waals surface area contributed by atoms with Crippen molar-refractivity contribution < 1.29 is 0 Å². The number of nitrogens with two attached hydrogens (primary N) is 1. The maximum Gasteiger partial charge on any atom is 0.141 e. The van der Waals surface area contributed by atoms with Gasteiger partial charge in [0.15, 0.2) is 0 Å². The van der Waals surface area contributed by atoms with E-state index in [9.17, 15) is 0 Å². The van der Waals surface area contributed by atoms with Crippen molar-refractivity contribution in [3.63, 3.8) is 0 Å². The summed E-state index contributed by atoms with van der Waals surface area (Å²) in [4.78, 5) is 7.67. The summed E-state index contributed by atoms with van der Waals surface area (Å²) < 4.78 is 0. The molecule has 0 aliphatic heterocycles. The van der Waals surface area contributed by atoms with Crippen molar-refractivity contribution in [1.82, 2.24) is 9.97 Å². The van der Waals surface area contributed by atoms with E-state index in [2.05, 4.69) is 21.8 Å². The lowest BCUT2D eigenvalue weighted by Crippen LogP contribution is -1.92. The van der Waals surface area contributed by atoms with Crippen molar-refractivity contribution in [3.05, 3.63) is 18.1 Å². The van der Waals surface area contributed by atoms with Gasteiger partial charge in [0.1, 0.15) is 11.5 Å². The minimum Gasteiger partial charge on any atom is -0.382 e. The molecule has 2 N–H and O–H groups in total. The SMILES string of the molecule is N#CCC#Cc1cnc(N)cn1. The lowest BCUT2D eigenvalue weighted by molar-refractivity contribution is 1.18. The van der Waals surface area contributed by atoms with Crippen LogP contribution in [0, 0.1) is 23.2 Å². The van der Waals surface area contributed by atoms with E-state index in [-0.39, 0.29) is 6.42 Å². The standard InChI is InChI=1S/C8H6N4/c9-4-2-1-3-7-5-12-8(10)6-11-7/h5-6H,2H2,(H2,10,12). The molecule has 0 bridgehead atoms. The molecule has 4 nitrogen and oxygen atoms in total. The van der Waals surface area contributed by atoms with Gasteiger partial charge in [0, 0.05) is 0 Å². The van der Waals surface area contributed by atoms with E-state index in [0.717, 1.165) is 0 Å². The van der Waals surface area contributed by atoms with Crippen LogP contribution in [0.3, 0.4) is 0 Å². The smallest absolute Gasteiger partial charge is 0.141 e. The highest BCUT2D eigenvalue weighted by Gasteiger charge is 1.87. The third kappa shape index (κ3) is 2.28. The first-order valence-electron chi connectivity index (χ1n) is 3.26. The molecule has 0 atom stereocenters. The second-order valence-corrected chi connectivity index (χ2v) is 1.96. The highest BCUT2D eigenvalue weighted by molar-refractivity contribution is 5.30. The van der Waals surface area contributed by atoms with E-state index in [1.165, 1.54) is 12.4 Å². The number of hydrogen-bond donors (Lipinski definition) is 1. The summed E-state index contributed by atoms with van der Waals surface area (Å²) in [6, 6.07) is 1.90. The van der Waals surface area contributed by atoms with Gasteiger partial charge in [0.05, 0.1) is 24.9 Å². The Kier molecular flexibility index (Phi) is 2.64. The predicted octanol–water partition coefficient (Wildman–Crippen LogP) is 0.324. The first-order valence-corrected chi connectivity index (χ1v) is 3.26. The van der Waals surface area contributed by atoms with Crippen LogP contribution < -0.4 is 5.73 Å². The highest BCUT2D eigenvalue weighted by Crippen LogP contribution is 1.93. The molecule has 0 aromatic carbocycles. The van der Waals surface area contributed by atoms with E-state index in [0.29, 0.717) is 11.5 Å². The molecule has 1 heterocycles. The van der Waals surface area contributed by atoms with Crippen molar-refractivity contribution >= 4 is 5.82 Å². The van der Waals surface area contributed by atoms with Crippen LogP contribution in [0.2, 0.25) is 0 Å². The molecule has 4 heteroatoms. The topological polar surface area (TPSA) is 75.6 Å². The number of anilines is 1. The zero-order valence-electron chi connectivity index (χ0n) is 6.28.